The van der Waals surface area contributed by atoms with Gasteiger partial charge in [-0.15, -0.1) is 0 Å². The Bertz CT molecular complexity index is 1130. The Balaban J connectivity index is 2.23. The fourth-order valence-electron chi connectivity index (χ4n) is 3.98. The molecule has 0 fully saturated rings. The monoisotopic (exact) mass is 426 g/mol. The number of carbonyl (C=O) groups is 2. The van der Waals surface area contributed by atoms with Crippen LogP contribution in [0, 0.1) is 11.3 Å². The van der Waals surface area contributed by atoms with Gasteiger partial charge in [-0.1, -0.05) is 70.5 Å². The molecule has 5 nitrogen and oxygen atoms in total. The average Bonchev–Trinajstić information content (AvgIpc) is 3.03. The van der Waals surface area contributed by atoms with E-state index in [0.29, 0.717) is 21.5 Å². The first-order chi connectivity index (χ1) is 14.0. The minimum atomic E-state index is -1.63. The number of amides is 1. The maximum atomic E-state index is 12.8. The first-order valence-corrected chi connectivity index (χ1v) is 10.4. The molecule has 1 aliphatic rings. The number of aliphatic carboxylic acids is 1. The summed E-state index contributed by atoms with van der Waals surface area (Å²) in [6.45, 7) is 9.88. The Labute approximate surface area is 181 Å². The van der Waals surface area contributed by atoms with Crippen LogP contribution in [-0.4, -0.2) is 17.0 Å². The normalized spacial score (nSPS) is 18.2. The van der Waals surface area contributed by atoms with Crippen molar-refractivity contribution in [1.29, 1.82) is 0 Å². The van der Waals surface area contributed by atoms with Crippen molar-refractivity contribution in [1.82, 2.24) is 5.32 Å². The standard InChI is InChI=1S/C24H27ClN2O3/c1-14(2)21(28)26-13-15-10-11-18(25)17(12-15)24(22(29)30)20(23(3,4)5)16-8-6-7-9-19(16)27-24/h6-12,14H,13H2,1-5H3,(H,26,28)(H,29,30). The zero-order valence-corrected chi connectivity index (χ0v) is 18.7. The summed E-state index contributed by atoms with van der Waals surface area (Å²) in [4.78, 5) is 29.5. The fraction of sp³-hybridized carbons (Fsp3) is 0.375. The van der Waals surface area contributed by atoms with Crippen LogP contribution in [0.1, 0.15) is 45.7 Å². The maximum Gasteiger partial charge on any atom is 0.340 e. The molecular weight excluding hydrogens is 400 g/mol. The Morgan fingerprint density at radius 3 is 2.43 bits per heavy atom. The third-order valence-corrected chi connectivity index (χ3v) is 5.62. The summed E-state index contributed by atoms with van der Waals surface area (Å²) < 4.78 is 0. The molecule has 158 valence electrons. The third-order valence-electron chi connectivity index (χ3n) is 5.29. The van der Waals surface area contributed by atoms with E-state index in [1.807, 2.05) is 58.9 Å². The van der Waals surface area contributed by atoms with Gasteiger partial charge < -0.3 is 10.4 Å². The van der Waals surface area contributed by atoms with Crippen LogP contribution >= 0.6 is 11.6 Å². The highest BCUT2D eigenvalue weighted by molar-refractivity contribution is 6.32. The molecule has 0 saturated carbocycles. The van der Waals surface area contributed by atoms with Crippen molar-refractivity contribution in [3.63, 3.8) is 0 Å². The molecule has 1 unspecified atom stereocenters. The molecular formula is C24H27ClN2O3. The van der Waals surface area contributed by atoms with Gasteiger partial charge in [-0.05, 0) is 34.8 Å². The van der Waals surface area contributed by atoms with Gasteiger partial charge in [0, 0.05) is 28.3 Å². The lowest BCUT2D eigenvalue weighted by Gasteiger charge is -2.35. The Hall–Kier alpha value is -2.66. The average molecular weight is 427 g/mol. The second-order valence-electron chi connectivity index (χ2n) is 8.96. The van der Waals surface area contributed by atoms with E-state index in [2.05, 4.69) is 5.32 Å². The summed E-state index contributed by atoms with van der Waals surface area (Å²) in [6, 6.07) is 12.7. The van der Waals surface area contributed by atoms with Gasteiger partial charge in [0.05, 0.1) is 5.36 Å². The molecule has 6 heteroatoms. The molecule has 2 aromatic carbocycles. The van der Waals surface area contributed by atoms with E-state index in [4.69, 9.17) is 16.6 Å². The number of carbonyl (C=O) groups excluding carboxylic acids is 1. The molecule has 2 aromatic rings. The lowest BCUT2D eigenvalue weighted by Crippen LogP contribution is -2.40. The van der Waals surface area contributed by atoms with Gasteiger partial charge in [0.1, 0.15) is 0 Å². The number of nitrogens with zero attached hydrogens (tertiary/aromatic N) is 1. The van der Waals surface area contributed by atoms with E-state index in [-0.39, 0.29) is 18.4 Å². The second-order valence-corrected chi connectivity index (χ2v) is 9.36. The third kappa shape index (κ3) is 3.74. The van der Waals surface area contributed by atoms with Crippen molar-refractivity contribution in [2.24, 2.45) is 16.3 Å². The van der Waals surface area contributed by atoms with Gasteiger partial charge in [-0.2, -0.15) is 0 Å². The summed E-state index contributed by atoms with van der Waals surface area (Å²) in [5.74, 6) is -1.28. The molecule has 1 aliphatic heterocycles. The van der Waals surface area contributed by atoms with Gasteiger partial charge in [0.25, 0.3) is 0 Å². The van der Waals surface area contributed by atoms with E-state index in [9.17, 15) is 14.7 Å². The van der Waals surface area contributed by atoms with Gasteiger partial charge >= 0.3 is 5.97 Å². The largest absolute Gasteiger partial charge is 0.479 e. The Kier molecular flexibility index (Phi) is 5.79. The fourth-order valence-corrected chi connectivity index (χ4v) is 4.23. The number of hydrogen-bond acceptors (Lipinski definition) is 3. The van der Waals surface area contributed by atoms with E-state index in [0.717, 1.165) is 10.8 Å². The molecule has 0 bridgehead atoms. The van der Waals surface area contributed by atoms with Crippen molar-refractivity contribution >= 4 is 29.1 Å². The summed E-state index contributed by atoms with van der Waals surface area (Å²) in [5, 5.41) is 15.1. The minimum Gasteiger partial charge on any atom is -0.479 e. The number of rotatable bonds is 5. The van der Waals surface area contributed by atoms with Gasteiger partial charge in [-0.3, -0.25) is 9.79 Å². The van der Waals surface area contributed by atoms with Gasteiger partial charge in [-0.25, -0.2) is 4.79 Å². The smallest absolute Gasteiger partial charge is 0.340 e. The number of para-hydroxylation sites is 1. The number of fused-ring (bicyclic) bond motifs is 1. The van der Waals surface area contributed by atoms with Crippen LogP contribution in [0.4, 0.5) is 0 Å². The van der Waals surface area contributed by atoms with E-state index in [1.165, 1.54) is 0 Å². The molecule has 0 spiro atoms. The van der Waals surface area contributed by atoms with E-state index in [1.54, 1.807) is 18.2 Å². The number of carboxylic acids is 1. The molecule has 2 N–H and O–H groups in total. The Morgan fingerprint density at radius 1 is 1.17 bits per heavy atom. The highest BCUT2D eigenvalue weighted by Crippen LogP contribution is 2.47. The predicted octanol–water partition coefficient (Wildman–Crippen LogP) is 3.42. The molecule has 0 aliphatic carbocycles. The SMILES string of the molecule is CC(C)C(=O)NCc1ccc(Cl)c(C2(C(=O)O)N=c3ccccc3=C2C(C)(C)C)c1. The van der Waals surface area contributed by atoms with Crippen molar-refractivity contribution in [3.8, 4) is 0 Å². The van der Waals surface area contributed by atoms with Crippen LogP contribution in [0.15, 0.2) is 47.5 Å². The van der Waals surface area contributed by atoms with Crippen LogP contribution in [-0.2, 0) is 21.7 Å². The number of nitrogens with one attached hydrogen (secondary N) is 1. The Morgan fingerprint density at radius 2 is 1.83 bits per heavy atom. The van der Waals surface area contributed by atoms with Crippen LogP contribution < -0.4 is 15.9 Å². The quantitative estimate of drug-likeness (QED) is 0.768. The van der Waals surface area contributed by atoms with Crippen LogP contribution in [0.5, 0.6) is 0 Å². The minimum absolute atomic E-state index is 0.0700. The summed E-state index contributed by atoms with van der Waals surface area (Å²) >= 11 is 6.56. The maximum absolute atomic E-state index is 12.8. The molecule has 30 heavy (non-hydrogen) atoms. The highest BCUT2D eigenvalue weighted by atomic mass is 35.5. The molecule has 3 rings (SSSR count). The summed E-state index contributed by atoms with van der Waals surface area (Å²) in [6.07, 6.45) is 0. The lowest BCUT2D eigenvalue weighted by atomic mass is 9.71. The predicted molar refractivity (Wildman–Crippen MR) is 118 cm³/mol. The first-order valence-electron chi connectivity index (χ1n) is 9.98. The molecule has 0 aromatic heterocycles. The number of halogens is 1. The van der Waals surface area contributed by atoms with Crippen molar-refractivity contribution < 1.29 is 14.7 Å². The van der Waals surface area contributed by atoms with E-state index >= 15 is 0 Å². The number of benzene rings is 2. The van der Waals surface area contributed by atoms with E-state index < -0.39 is 16.9 Å². The first kappa shape index (κ1) is 22.0. The van der Waals surface area contributed by atoms with Crippen molar-refractivity contribution in [2.75, 3.05) is 0 Å². The molecule has 1 heterocycles. The molecule has 1 amide bonds. The number of carboxylic acid groups (broad SMARTS) is 1. The number of hydrogen-bond donors (Lipinski definition) is 2. The topological polar surface area (TPSA) is 78.8 Å². The molecule has 0 saturated heterocycles. The molecule has 0 radical (unpaired) electrons. The summed E-state index contributed by atoms with van der Waals surface area (Å²) in [7, 11) is 0. The zero-order valence-electron chi connectivity index (χ0n) is 17.9. The highest BCUT2D eigenvalue weighted by Gasteiger charge is 2.51. The second kappa shape index (κ2) is 7.88. The summed E-state index contributed by atoms with van der Waals surface area (Å²) in [5.41, 5.74) is -0.225. The zero-order chi connectivity index (χ0) is 22.3. The van der Waals surface area contributed by atoms with Crippen LogP contribution in [0.3, 0.4) is 0 Å². The van der Waals surface area contributed by atoms with Crippen molar-refractivity contribution in [2.45, 2.75) is 46.7 Å². The van der Waals surface area contributed by atoms with Crippen LogP contribution in [0.2, 0.25) is 5.02 Å². The van der Waals surface area contributed by atoms with Gasteiger partial charge in [0.15, 0.2) is 0 Å². The lowest BCUT2D eigenvalue weighted by molar-refractivity contribution is -0.141. The van der Waals surface area contributed by atoms with Gasteiger partial charge in [0.2, 0.25) is 11.4 Å². The molecule has 1 atom stereocenters. The van der Waals surface area contributed by atoms with Crippen LogP contribution in [0.25, 0.3) is 5.57 Å². The van der Waals surface area contributed by atoms with Crippen molar-refractivity contribution in [3.05, 3.63) is 69.2 Å².